The van der Waals surface area contributed by atoms with Gasteiger partial charge in [-0.15, -0.1) is 0 Å². The van der Waals surface area contributed by atoms with Crippen LogP contribution in [-0.4, -0.2) is 35.6 Å². The fourth-order valence-electron chi connectivity index (χ4n) is 2.39. The van der Waals surface area contributed by atoms with E-state index in [9.17, 15) is 13.6 Å². The topological polar surface area (TPSA) is 43.3 Å². The van der Waals surface area contributed by atoms with Gasteiger partial charge in [0, 0.05) is 17.1 Å². The van der Waals surface area contributed by atoms with Gasteiger partial charge in [-0.05, 0) is 6.07 Å². The predicted octanol–water partition coefficient (Wildman–Crippen LogP) is 2.77. The number of nitrogens with one attached hydrogen (secondary N) is 1. The van der Waals surface area contributed by atoms with Gasteiger partial charge in [-0.3, -0.25) is 4.79 Å². The van der Waals surface area contributed by atoms with Crippen LogP contribution in [0.15, 0.2) is 30.5 Å². The Hall–Kier alpha value is -1.66. The number of fused-ring (bicyclic) bond motifs is 1. The number of ether oxygens (including phenoxy) is 1. The van der Waals surface area contributed by atoms with E-state index in [-0.39, 0.29) is 6.04 Å². The zero-order valence-corrected chi connectivity index (χ0v) is 11.7. The molecule has 2 aromatic rings. The summed E-state index contributed by atoms with van der Waals surface area (Å²) in [5.41, 5.74) is 0.749. The first-order chi connectivity index (χ1) is 10.1. The van der Waals surface area contributed by atoms with Gasteiger partial charge in [0.05, 0.1) is 24.8 Å². The van der Waals surface area contributed by atoms with E-state index in [1.807, 2.05) is 16.7 Å². The molecule has 1 saturated heterocycles. The molecule has 1 aromatic carbocycles. The van der Waals surface area contributed by atoms with E-state index in [1.165, 1.54) is 0 Å². The number of nitrogens with zero attached hydrogens (tertiary/aromatic N) is 1. The van der Waals surface area contributed by atoms with Crippen LogP contribution < -0.4 is 5.32 Å². The molecule has 2 unspecified atom stereocenters. The summed E-state index contributed by atoms with van der Waals surface area (Å²) < 4.78 is 31.4. The van der Waals surface area contributed by atoms with E-state index >= 15 is 0 Å². The molecule has 1 amide bonds. The maximum atomic E-state index is 12.2. The Labute approximate surface area is 124 Å². The van der Waals surface area contributed by atoms with Gasteiger partial charge in [-0.2, -0.15) is 0 Å². The molecule has 1 aliphatic rings. The lowest BCUT2D eigenvalue weighted by atomic mass is 10.1. The van der Waals surface area contributed by atoms with E-state index in [0.717, 1.165) is 5.52 Å². The van der Waals surface area contributed by atoms with Crippen molar-refractivity contribution in [2.75, 3.05) is 13.2 Å². The number of benzene rings is 1. The van der Waals surface area contributed by atoms with Gasteiger partial charge in [0.1, 0.15) is 0 Å². The summed E-state index contributed by atoms with van der Waals surface area (Å²) in [5.74, 6) is -0.517. The minimum absolute atomic E-state index is 0.0618. The second-order valence-electron chi connectivity index (χ2n) is 4.82. The number of para-hydroxylation sites is 1. The fourth-order valence-corrected chi connectivity index (χ4v) is 2.65. The number of halogens is 3. The average molecular weight is 315 g/mol. The first-order valence-corrected chi connectivity index (χ1v) is 6.93. The highest BCUT2D eigenvalue weighted by Crippen LogP contribution is 2.34. The lowest BCUT2D eigenvalue weighted by molar-refractivity contribution is -0.0523. The third-order valence-corrected chi connectivity index (χ3v) is 3.90. The van der Waals surface area contributed by atoms with Gasteiger partial charge < -0.3 is 14.6 Å². The van der Waals surface area contributed by atoms with Crippen LogP contribution in [-0.2, 0) is 4.74 Å². The smallest absolute Gasteiger partial charge is 0.255 e. The molecule has 0 radical (unpaired) electrons. The third-order valence-electron chi connectivity index (χ3n) is 3.49. The molecule has 1 fully saturated rings. The number of amides is 1. The molecule has 2 atom stereocenters. The number of alkyl halides is 3. The molecule has 4 nitrogen and oxygen atoms in total. The molecule has 1 aromatic heterocycles. The standard InChI is InChI=1S/C14H13ClF2N2O2/c15-13-11(7-21-13)19-6-9(14(20)18-5-12(16)17)8-3-1-2-4-10(8)19/h1-4,6,11-13H,5,7H2,(H,18,20). The molecule has 7 heteroatoms. The zero-order chi connectivity index (χ0) is 15.0. The molecule has 0 bridgehead atoms. The largest absolute Gasteiger partial charge is 0.358 e. The second-order valence-corrected chi connectivity index (χ2v) is 5.25. The SMILES string of the molecule is O=C(NCC(F)F)c1cn(C2COC2Cl)c2ccccc12. The second kappa shape index (κ2) is 5.61. The van der Waals surface area contributed by atoms with Crippen molar-refractivity contribution in [1.82, 2.24) is 9.88 Å². The van der Waals surface area contributed by atoms with Gasteiger partial charge in [-0.25, -0.2) is 8.78 Å². The van der Waals surface area contributed by atoms with E-state index < -0.39 is 24.4 Å². The summed E-state index contributed by atoms with van der Waals surface area (Å²) in [4.78, 5) is 12.1. The molecule has 3 rings (SSSR count). The van der Waals surface area contributed by atoms with Crippen LogP contribution >= 0.6 is 11.6 Å². The normalized spacial score (nSPS) is 21.5. The highest BCUT2D eigenvalue weighted by atomic mass is 35.5. The van der Waals surface area contributed by atoms with Crippen LogP contribution in [0.2, 0.25) is 0 Å². The van der Waals surface area contributed by atoms with Crippen molar-refractivity contribution < 1.29 is 18.3 Å². The van der Waals surface area contributed by atoms with Crippen LogP contribution in [0.3, 0.4) is 0 Å². The Kier molecular flexibility index (Phi) is 3.82. The predicted molar refractivity (Wildman–Crippen MR) is 74.9 cm³/mol. The summed E-state index contributed by atoms with van der Waals surface area (Å²) in [6, 6.07) is 7.23. The van der Waals surface area contributed by atoms with Crippen molar-refractivity contribution in [2.45, 2.75) is 18.0 Å². The van der Waals surface area contributed by atoms with Gasteiger partial charge in [0.25, 0.3) is 12.3 Å². The monoisotopic (exact) mass is 314 g/mol. The highest BCUT2D eigenvalue weighted by molar-refractivity contribution is 6.20. The Balaban J connectivity index is 1.97. The average Bonchev–Trinajstić information content (AvgIpc) is 2.83. The molecule has 0 aliphatic carbocycles. The molecule has 0 spiro atoms. The van der Waals surface area contributed by atoms with Gasteiger partial charge in [0.2, 0.25) is 0 Å². The molecule has 1 aliphatic heterocycles. The summed E-state index contributed by atoms with van der Waals surface area (Å²) in [7, 11) is 0. The van der Waals surface area contributed by atoms with Crippen molar-refractivity contribution in [1.29, 1.82) is 0 Å². The van der Waals surface area contributed by atoms with E-state index in [2.05, 4.69) is 5.32 Å². The van der Waals surface area contributed by atoms with Crippen LogP contribution in [0.5, 0.6) is 0 Å². The maximum Gasteiger partial charge on any atom is 0.255 e. The Morgan fingerprint density at radius 2 is 2.24 bits per heavy atom. The molecule has 1 N–H and O–H groups in total. The van der Waals surface area contributed by atoms with Gasteiger partial charge in [0.15, 0.2) is 5.56 Å². The quantitative estimate of drug-likeness (QED) is 0.882. The van der Waals surface area contributed by atoms with Crippen LogP contribution in [0.4, 0.5) is 8.78 Å². The highest BCUT2D eigenvalue weighted by Gasteiger charge is 2.33. The molecule has 0 saturated carbocycles. The van der Waals surface area contributed by atoms with Gasteiger partial charge >= 0.3 is 0 Å². The summed E-state index contributed by atoms with van der Waals surface area (Å²) in [6.45, 7) is -0.200. The minimum atomic E-state index is -2.57. The number of carbonyl (C=O) groups excluding carboxylic acids is 1. The summed E-state index contributed by atoms with van der Waals surface area (Å²) in [5, 5.41) is 2.93. The minimum Gasteiger partial charge on any atom is -0.358 e. The number of carbonyl (C=O) groups is 1. The maximum absolute atomic E-state index is 12.2. The number of hydrogen-bond acceptors (Lipinski definition) is 2. The third kappa shape index (κ3) is 2.61. The van der Waals surface area contributed by atoms with Crippen LogP contribution in [0.25, 0.3) is 10.9 Å². The molecular weight excluding hydrogens is 302 g/mol. The van der Waals surface area contributed by atoms with E-state index in [4.69, 9.17) is 16.3 Å². The Bertz CT molecular complexity index is 674. The van der Waals surface area contributed by atoms with Crippen LogP contribution in [0, 0.1) is 0 Å². The van der Waals surface area contributed by atoms with Crippen molar-refractivity contribution in [3.63, 3.8) is 0 Å². The molecule has 112 valence electrons. The lowest BCUT2D eigenvalue weighted by Gasteiger charge is -2.33. The summed E-state index contributed by atoms with van der Waals surface area (Å²) >= 11 is 6.00. The Morgan fingerprint density at radius 1 is 1.48 bits per heavy atom. The van der Waals surface area contributed by atoms with E-state index in [0.29, 0.717) is 17.6 Å². The molecule has 2 heterocycles. The zero-order valence-electron chi connectivity index (χ0n) is 10.9. The summed E-state index contributed by atoms with van der Waals surface area (Å²) in [6.07, 6.45) is -0.928. The first kappa shape index (κ1) is 14.3. The van der Waals surface area contributed by atoms with Crippen LogP contribution in [0.1, 0.15) is 16.4 Å². The number of hydrogen-bond donors (Lipinski definition) is 1. The first-order valence-electron chi connectivity index (χ1n) is 6.49. The van der Waals surface area contributed by atoms with Crippen molar-refractivity contribution in [2.24, 2.45) is 0 Å². The fraction of sp³-hybridized carbons (Fsp3) is 0.357. The van der Waals surface area contributed by atoms with Crippen molar-refractivity contribution in [3.8, 4) is 0 Å². The lowest BCUT2D eigenvalue weighted by Crippen LogP contribution is -2.37. The number of aromatic nitrogens is 1. The molecular formula is C14H13ClF2N2O2. The molecule has 21 heavy (non-hydrogen) atoms. The Morgan fingerprint density at radius 3 is 2.86 bits per heavy atom. The van der Waals surface area contributed by atoms with Gasteiger partial charge in [-0.1, -0.05) is 29.8 Å². The van der Waals surface area contributed by atoms with Crippen molar-refractivity contribution in [3.05, 3.63) is 36.0 Å². The van der Waals surface area contributed by atoms with E-state index in [1.54, 1.807) is 18.3 Å². The van der Waals surface area contributed by atoms with Crippen molar-refractivity contribution >= 4 is 28.4 Å². The number of rotatable bonds is 4.